The van der Waals surface area contributed by atoms with Crippen LogP contribution < -0.4 is 0 Å². The van der Waals surface area contributed by atoms with Gasteiger partial charge in [-0.2, -0.15) is 23.4 Å². The Bertz CT molecular complexity index is 1160. The number of alkyl halides is 3. The van der Waals surface area contributed by atoms with Crippen molar-refractivity contribution in [3.63, 3.8) is 0 Å². The molecule has 0 saturated carbocycles. The van der Waals surface area contributed by atoms with Gasteiger partial charge in [0.15, 0.2) is 5.65 Å². The number of carbonyl (C=O) groups is 1. The van der Waals surface area contributed by atoms with E-state index in [9.17, 15) is 18.0 Å². The summed E-state index contributed by atoms with van der Waals surface area (Å²) < 4.78 is 43.1. The SMILES string of the molecule is Cc1cc(C(F)(F)F)n2nc(C3CCCN(C(=O)CCn4nc(C)c(C)c4C)C3)cc2n1. The largest absolute Gasteiger partial charge is 0.433 e. The maximum atomic E-state index is 13.4. The molecular weight excluding hydrogens is 421 g/mol. The summed E-state index contributed by atoms with van der Waals surface area (Å²) in [5, 5.41) is 8.72. The average molecular weight is 448 g/mol. The fourth-order valence-electron chi connectivity index (χ4n) is 4.33. The van der Waals surface area contributed by atoms with Gasteiger partial charge in [-0.05, 0) is 52.2 Å². The molecule has 1 saturated heterocycles. The molecule has 0 bridgehead atoms. The number of hydrogen-bond donors (Lipinski definition) is 0. The third-order valence-corrected chi connectivity index (χ3v) is 6.34. The van der Waals surface area contributed by atoms with Crippen molar-refractivity contribution in [3.05, 3.63) is 46.2 Å². The summed E-state index contributed by atoms with van der Waals surface area (Å²) in [7, 11) is 0. The van der Waals surface area contributed by atoms with Crippen LogP contribution in [0.4, 0.5) is 13.2 Å². The highest BCUT2D eigenvalue weighted by atomic mass is 19.4. The first-order chi connectivity index (χ1) is 15.0. The van der Waals surface area contributed by atoms with Gasteiger partial charge in [-0.3, -0.25) is 9.48 Å². The molecule has 1 aliphatic rings. The van der Waals surface area contributed by atoms with Crippen molar-refractivity contribution in [2.24, 2.45) is 0 Å². The molecular formula is C22H27F3N6O. The van der Waals surface area contributed by atoms with Crippen LogP contribution >= 0.6 is 0 Å². The van der Waals surface area contributed by atoms with Crippen LogP contribution in [-0.4, -0.2) is 48.3 Å². The molecule has 1 fully saturated rings. The van der Waals surface area contributed by atoms with E-state index in [0.717, 1.165) is 40.4 Å². The first kappa shape index (κ1) is 22.3. The van der Waals surface area contributed by atoms with E-state index in [0.29, 0.717) is 31.7 Å². The number of halogens is 3. The van der Waals surface area contributed by atoms with Gasteiger partial charge in [0.05, 0.1) is 11.4 Å². The summed E-state index contributed by atoms with van der Waals surface area (Å²) >= 11 is 0. The summed E-state index contributed by atoms with van der Waals surface area (Å²) in [5.74, 6) is -0.0969. The van der Waals surface area contributed by atoms with Gasteiger partial charge in [-0.15, -0.1) is 0 Å². The van der Waals surface area contributed by atoms with Gasteiger partial charge in [0.2, 0.25) is 5.91 Å². The second-order valence-corrected chi connectivity index (χ2v) is 8.57. The number of fused-ring (bicyclic) bond motifs is 1. The molecule has 3 aromatic heterocycles. The minimum absolute atomic E-state index is 0.0219. The first-order valence-electron chi connectivity index (χ1n) is 10.8. The number of aromatic nitrogens is 5. The van der Waals surface area contributed by atoms with Gasteiger partial charge in [0.1, 0.15) is 5.69 Å². The molecule has 0 aromatic carbocycles. The summed E-state index contributed by atoms with van der Waals surface area (Å²) in [6.07, 6.45) is -2.64. The molecule has 1 unspecified atom stereocenters. The molecule has 0 aliphatic carbocycles. The molecule has 0 spiro atoms. The Morgan fingerprint density at radius 1 is 1.16 bits per heavy atom. The van der Waals surface area contributed by atoms with Crippen LogP contribution in [0.25, 0.3) is 5.65 Å². The minimum Gasteiger partial charge on any atom is -0.342 e. The molecule has 172 valence electrons. The predicted octanol–water partition coefficient (Wildman–Crippen LogP) is 3.97. The molecule has 0 N–H and O–H groups in total. The third-order valence-electron chi connectivity index (χ3n) is 6.34. The van der Waals surface area contributed by atoms with Crippen molar-refractivity contribution < 1.29 is 18.0 Å². The zero-order chi connectivity index (χ0) is 23.2. The second kappa shape index (κ2) is 8.22. The predicted molar refractivity (Wildman–Crippen MR) is 112 cm³/mol. The van der Waals surface area contributed by atoms with Crippen LogP contribution in [0.2, 0.25) is 0 Å². The first-order valence-corrected chi connectivity index (χ1v) is 10.8. The number of amides is 1. The third kappa shape index (κ3) is 4.22. The number of aryl methyl sites for hydroxylation is 3. The Hall–Kier alpha value is -2.91. The molecule has 4 rings (SSSR count). The smallest absolute Gasteiger partial charge is 0.342 e. The quantitative estimate of drug-likeness (QED) is 0.606. The van der Waals surface area contributed by atoms with E-state index >= 15 is 0 Å². The molecule has 1 amide bonds. The summed E-state index contributed by atoms with van der Waals surface area (Å²) in [6.45, 7) is 9.08. The lowest BCUT2D eigenvalue weighted by atomic mass is 9.94. The maximum Gasteiger partial charge on any atom is 0.433 e. The number of likely N-dealkylation sites (tertiary alicyclic amines) is 1. The normalized spacial score (nSPS) is 17.3. The molecule has 1 aliphatic heterocycles. The number of hydrogen-bond acceptors (Lipinski definition) is 4. The van der Waals surface area contributed by atoms with Crippen LogP contribution in [0.15, 0.2) is 12.1 Å². The van der Waals surface area contributed by atoms with Crippen molar-refractivity contribution in [2.45, 2.75) is 65.6 Å². The number of piperidine rings is 1. The van der Waals surface area contributed by atoms with Crippen molar-refractivity contribution in [2.75, 3.05) is 13.1 Å². The van der Waals surface area contributed by atoms with Crippen LogP contribution in [0.3, 0.4) is 0 Å². The van der Waals surface area contributed by atoms with Gasteiger partial charge in [-0.25, -0.2) is 9.50 Å². The minimum atomic E-state index is -4.52. The highest BCUT2D eigenvalue weighted by molar-refractivity contribution is 5.76. The molecule has 32 heavy (non-hydrogen) atoms. The highest BCUT2D eigenvalue weighted by Gasteiger charge is 2.35. The Labute approximate surface area is 184 Å². The van der Waals surface area contributed by atoms with Gasteiger partial charge in [-0.1, -0.05) is 0 Å². The number of nitrogens with zero attached hydrogens (tertiary/aromatic N) is 6. The topological polar surface area (TPSA) is 68.3 Å². The van der Waals surface area contributed by atoms with Crippen LogP contribution in [0, 0.1) is 27.7 Å². The van der Waals surface area contributed by atoms with Crippen molar-refractivity contribution in [1.29, 1.82) is 0 Å². The molecule has 7 nitrogen and oxygen atoms in total. The van der Waals surface area contributed by atoms with Gasteiger partial charge >= 0.3 is 6.18 Å². The van der Waals surface area contributed by atoms with Gasteiger partial charge in [0, 0.05) is 49.4 Å². The Morgan fingerprint density at radius 3 is 2.56 bits per heavy atom. The molecule has 10 heteroatoms. The van der Waals surface area contributed by atoms with Crippen LogP contribution in [0.1, 0.15) is 59.2 Å². The van der Waals surface area contributed by atoms with E-state index in [4.69, 9.17) is 0 Å². The average Bonchev–Trinajstić information content (AvgIpc) is 3.27. The van der Waals surface area contributed by atoms with Gasteiger partial charge < -0.3 is 4.90 Å². The summed E-state index contributed by atoms with van der Waals surface area (Å²) in [6, 6.07) is 2.61. The zero-order valence-electron chi connectivity index (χ0n) is 18.7. The Kier molecular flexibility index (Phi) is 5.72. The van der Waals surface area contributed by atoms with Gasteiger partial charge in [0.25, 0.3) is 0 Å². The van der Waals surface area contributed by atoms with Crippen LogP contribution in [-0.2, 0) is 17.5 Å². The monoisotopic (exact) mass is 448 g/mol. The molecule has 0 radical (unpaired) electrons. The fraction of sp³-hybridized carbons (Fsp3) is 0.545. The highest BCUT2D eigenvalue weighted by Crippen LogP contribution is 2.32. The summed E-state index contributed by atoms with van der Waals surface area (Å²) in [4.78, 5) is 18.9. The lowest BCUT2D eigenvalue weighted by Gasteiger charge is -2.32. The van der Waals surface area contributed by atoms with Crippen molar-refractivity contribution in [3.8, 4) is 0 Å². The van der Waals surface area contributed by atoms with E-state index in [1.165, 1.54) is 6.92 Å². The molecule has 4 heterocycles. The zero-order valence-corrected chi connectivity index (χ0v) is 18.7. The maximum absolute atomic E-state index is 13.4. The standard InChI is InChI=1S/C22H27F3N6O/c1-13-10-19(22(23,24)25)31-20(26-13)11-18(28-31)17-6-5-8-29(12-17)21(32)7-9-30-16(4)14(2)15(3)27-30/h10-11,17H,5-9,12H2,1-4H3. The molecule has 1 atom stereocenters. The summed E-state index contributed by atoms with van der Waals surface area (Å²) in [5.41, 5.74) is 3.31. The Balaban J connectivity index is 1.49. The Morgan fingerprint density at radius 2 is 1.91 bits per heavy atom. The number of rotatable bonds is 4. The molecule has 3 aromatic rings. The van der Waals surface area contributed by atoms with Crippen molar-refractivity contribution in [1.82, 2.24) is 29.3 Å². The van der Waals surface area contributed by atoms with Crippen molar-refractivity contribution >= 4 is 11.6 Å². The van der Waals surface area contributed by atoms with E-state index in [-0.39, 0.29) is 23.2 Å². The lowest BCUT2D eigenvalue weighted by Crippen LogP contribution is -2.39. The van der Waals surface area contributed by atoms with E-state index in [1.807, 2.05) is 25.5 Å². The van der Waals surface area contributed by atoms with E-state index in [1.54, 1.807) is 11.0 Å². The number of carbonyl (C=O) groups excluding carboxylic acids is 1. The van der Waals surface area contributed by atoms with E-state index < -0.39 is 11.9 Å². The second-order valence-electron chi connectivity index (χ2n) is 8.57. The van der Waals surface area contributed by atoms with Crippen LogP contribution in [0.5, 0.6) is 0 Å². The fourth-order valence-corrected chi connectivity index (χ4v) is 4.33. The van der Waals surface area contributed by atoms with E-state index in [2.05, 4.69) is 15.2 Å². The lowest BCUT2D eigenvalue weighted by molar-refractivity contribution is -0.142.